The Morgan fingerprint density at radius 3 is 2.68 bits per heavy atom. The number of fused-ring (bicyclic) bond motifs is 1. The summed E-state index contributed by atoms with van der Waals surface area (Å²) in [6, 6.07) is 7.71. The molecule has 0 fully saturated rings. The zero-order valence-electron chi connectivity index (χ0n) is 12.3. The largest absolute Gasteiger partial charge is 0.453 e. The van der Waals surface area contributed by atoms with Crippen molar-refractivity contribution in [1.29, 1.82) is 0 Å². The Labute approximate surface area is 127 Å². The average Bonchev–Trinajstić information content (AvgIpc) is 2.53. The van der Waals surface area contributed by atoms with Gasteiger partial charge < -0.3 is 4.74 Å². The number of aryl methyl sites for hydroxylation is 2. The Morgan fingerprint density at radius 2 is 1.91 bits per heavy atom. The Morgan fingerprint density at radius 1 is 1.09 bits per heavy atom. The first-order valence-electron chi connectivity index (χ1n) is 6.81. The van der Waals surface area contributed by atoms with Crippen molar-refractivity contribution in [3.8, 4) is 0 Å². The minimum absolute atomic E-state index is 0.0000635. The van der Waals surface area contributed by atoms with Crippen LogP contribution in [0, 0.1) is 13.8 Å². The quantitative estimate of drug-likeness (QED) is 0.690. The van der Waals surface area contributed by atoms with E-state index >= 15 is 0 Å². The molecule has 0 saturated carbocycles. The van der Waals surface area contributed by atoms with E-state index in [1.807, 2.05) is 31.2 Å². The lowest BCUT2D eigenvalue weighted by molar-refractivity contribution is 0.0455. The van der Waals surface area contributed by atoms with Crippen LogP contribution in [0.4, 0.5) is 0 Å². The highest BCUT2D eigenvalue weighted by Crippen LogP contribution is 2.15. The molecule has 0 aliphatic heterocycles. The second-order valence-electron chi connectivity index (χ2n) is 4.86. The maximum Gasteiger partial charge on any atom is 0.358 e. The number of rotatable bonds is 3. The van der Waals surface area contributed by atoms with Crippen LogP contribution in [0.15, 0.2) is 36.7 Å². The Hall–Kier alpha value is -2.89. The van der Waals surface area contributed by atoms with Crippen LogP contribution in [-0.2, 0) is 11.3 Å². The highest BCUT2D eigenvalue weighted by Gasteiger charge is 2.11. The third-order valence-electron chi connectivity index (χ3n) is 3.16. The molecule has 0 spiro atoms. The first-order valence-corrected chi connectivity index (χ1v) is 6.81. The van der Waals surface area contributed by atoms with Gasteiger partial charge in [-0.2, -0.15) is 0 Å². The highest BCUT2D eigenvalue weighted by molar-refractivity contribution is 5.86. The van der Waals surface area contributed by atoms with E-state index in [0.717, 1.165) is 22.3 Å². The van der Waals surface area contributed by atoms with Crippen LogP contribution in [0.5, 0.6) is 0 Å². The number of carbonyl (C=O) groups excluding carboxylic acids is 1. The van der Waals surface area contributed by atoms with Crippen LogP contribution < -0.4 is 0 Å². The zero-order valence-corrected chi connectivity index (χ0v) is 12.3. The van der Waals surface area contributed by atoms with E-state index in [-0.39, 0.29) is 12.3 Å². The predicted octanol–water partition coefficient (Wildman–Crippen LogP) is 2.39. The minimum atomic E-state index is -0.540. The van der Waals surface area contributed by atoms with Crippen LogP contribution in [-0.4, -0.2) is 25.9 Å². The van der Waals surface area contributed by atoms with E-state index in [1.165, 1.54) is 12.4 Å². The van der Waals surface area contributed by atoms with E-state index in [0.29, 0.717) is 5.82 Å². The smallest absolute Gasteiger partial charge is 0.358 e. The lowest BCUT2D eigenvalue weighted by Gasteiger charge is -2.06. The number of esters is 1. The number of para-hydroxylation sites is 1. The third-order valence-corrected chi connectivity index (χ3v) is 3.16. The van der Waals surface area contributed by atoms with Gasteiger partial charge in [-0.05, 0) is 19.9 Å². The molecule has 1 aromatic carbocycles. The van der Waals surface area contributed by atoms with Crippen LogP contribution in [0.3, 0.4) is 0 Å². The van der Waals surface area contributed by atoms with E-state index in [1.54, 1.807) is 6.92 Å². The van der Waals surface area contributed by atoms with Gasteiger partial charge in [0.25, 0.3) is 0 Å². The van der Waals surface area contributed by atoms with E-state index < -0.39 is 5.97 Å². The van der Waals surface area contributed by atoms with Crippen molar-refractivity contribution >= 4 is 16.9 Å². The van der Waals surface area contributed by atoms with Crippen molar-refractivity contribution in [1.82, 2.24) is 19.9 Å². The summed E-state index contributed by atoms with van der Waals surface area (Å²) in [5, 5.41) is 0.988. The molecule has 0 N–H and O–H groups in total. The highest BCUT2D eigenvalue weighted by atomic mass is 16.5. The molecule has 0 aliphatic carbocycles. The van der Waals surface area contributed by atoms with Gasteiger partial charge in [-0.15, -0.1) is 0 Å². The summed E-state index contributed by atoms with van der Waals surface area (Å²) >= 11 is 0. The fraction of sp³-hybridized carbons (Fsp3) is 0.188. The predicted molar refractivity (Wildman–Crippen MR) is 80.2 cm³/mol. The second kappa shape index (κ2) is 5.85. The Bertz CT molecular complexity index is 831. The van der Waals surface area contributed by atoms with Gasteiger partial charge >= 0.3 is 5.97 Å². The molecule has 0 radical (unpaired) electrons. The number of benzene rings is 1. The fourth-order valence-electron chi connectivity index (χ4n) is 2.06. The van der Waals surface area contributed by atoms with Gasteiger partial charge in [0.05, 0.1) is 17.4 Å². The van der Waals surface area contributed by atoms with Gasteiger partial charge in [-0.1, -0.05) is 18.2 Å². The van der Waals surface area contributed by atoms with E-state index in [9.17, 15) is 4.79 Å². The summed E-state index contributed by atoms with van der Waals surface area (Å²) < 4.78 is 5.19. The molecular weight excluding hydrogens is 280 g/mol. The van der Waals surface area contributed by atoms with Gasteiger partial charge in [0.2, 0.25) is 0 Å². The maximum absolute atomic E-state index is 11.9. The summed E-state index contributed by atoms with van der Waals surface area (Å²) in [6.07, 6.45) is 2.91. The first kappa shape index (κ1) is 14.1. The normalized spacial score (nSPS) is 10.6. The number of carbonyl (C=O) groups is 1. The van der Waals surface area contributed by atoms with Crippen molar-refractivity contribution in [2.75, 3.05) is 0 Å². The Kier molecular flexibility index (Phi) is 3.74. The Balaban J connectivity index is 1.76. The van der Waals surface area contributed by atoms with Crippen molar-refractivity contribution in [2.45, 2.75) is 20.5 Å². The molecule has 0 saturated heterocycles. The standard InChI is InChI=1S/C16H14N4O2/c1-10-7-18-14(8-17-10)16(21)22-9-15-19-11(2)12-5-3-4-6-13(12)20-15/h3-8H,9H2,1-2H3. The van der Waals surface area contributed by atoms with Crippen molar-refractivity contribution in [2.24, 2.45) is 0 Å². The van der Waals surface area contributed by atoms with E-state index in [4.69, 9.17) is 4.74 Å². The molecule has 0 amide bonds. The molecule has 110 valence electrons. The first-order chi connectivity index (χ1) is 10.6. The fourth-order valence-corrected chi connectivity index (χ4v) is 2.06. The molecule has 0 unspecified atom stereocenters. The number of ether oxygens (including phenoxy) is 1. The van der Waals surface area contributed by atoms with Crippen molar-refractivity contribution in [3.05, 3.63) is 59.6 Å². The molecule has 0 aliphatic rings. The SMILES string of the molecule is Cc1cnc(C(=O)OCc2nc(C)c3ccccc3n2)cn1. The third kappa shape index (κ3) is 2.90. The number of aromatic nitrogens is 4. The van der Waals surface area contributed by atoms with Crippen LogP contribution >= 0.6 is 0 Å². The maximum atomic E-state index is 11.9. The average molecular weight is 294 g/mol. The molecule has 0 bridgehead atoms. The zero-order chi connectivity index (χ0) is 15.5. The van der Waals surface area contributed by atoms with Gasteiger partial charge in [-0.25, -0.2) is 19.7 Å². The molecule has 2 heterocycles. The summed E-state index contributed by atoms with van der Waals surface area (Å²) in [7, 11) is 0. The minimum Gasteiger partial charge on any atom is -0.453 e. The molecule has 3 rings (SSSR count). The number of nitrogens with zero attached hydrogens (tertiary/aromatic N) is 4. The van der Waals surface area contributed by atoms with Gasteiger partial charge in [0, 0.05) is 17.3 Å². The summed E-state index contributed by atoms with van der Waals surface area (Å²) in [4.78, 5) is 28.6. The summed E-state index contributed by atoms with van der Waals surface area (Å²) in [5.74, 6) is -0.0773. The molecule has 6 heteroatoms. The van der Waals surface area contributed by atoms with Gasteiger partial charge in [0.1, 0.15) is 0 Å². The van der Waals surface area contributed by atoms with Crippen LogP contribution in [0.25, 0.3) is 10.9 Å². The second-order valence-corrected chi connectivity index (χ2v) is 4.86. The van der Waals surface area contributed by atoms with Gasteiger partial charge in [0.15, 0.2) is 18.1 Å². The molecule has 3 aromatic rings. The molecule has 2 aromatic heterocycles. The molecule has 0 atom stereocenters. The molecular formula is C16H14N4O2. The van der Waals surface area contributed by atoms with Crippen LogP contribution in [0.1, 0.15) is 27.7 Å². The number of hydrogen-bond acceptors (Lipinski definition) is 6. The van der Waals surface area contributed by atoms with Crippen molar-refractivity contribution in [3.63, 3.8) is 0 Å². The number of hydrogen-bond donors (Lipinski definition) is 0. The lowest BCUT2D eigenvalue weighted by Crippen LogP contribution is -2.10. The van der Waals surface area contributed by atoms with Crippen molar-refractivity contribution < 1.29 is 9.53 Å². The topological polar surface area (TPSA) is 77.9 Å². The van der Waals surface area contributed by atoms with Gasteiger partial charge in [-0.3, -0.25) is 4.98 Å². The van der Waals surface area contributed by atoms with Crippen LogP contribution in [0.2, 0.25) is 0 Å². The summed E-state index contributed by atoms with van der Waals surface area (Å²) in [5.41, 5.74) is 2.59. The lowest BCUT2D eigenvalue weighted by atomic mass is 10.2. The summed E-state index contributed by atoms with van der Waals surface area (Å²) in [6.45, 7) is 3.70. The van der Waals surface area contributed by atoms with E-state index in [2.05, 4.69) is 19.9 Å². The molecule has 6 nitrogen and oxygen atoms in total. The monoisotopic (exact) mass is 294 g/mol. The molecule has 22 heavy (non-hydrogen) atoms.